The maximum absolute atomic E-state index is 4.33. The zero-order chi connectivity index (χ0) is 28.8. The van der Waals surface area contributed by atoms with E-state index in [0.717, 1.165) is 5.69 Å². The van der Waals surface area contributed by atoms with Crippen molar-refractivity contribution in [1.29, 1.82) is 0 Å². The minimum atomic E-state index is 1.03. The minimum absolute atomic E-state index is 1.03. The number of fused-ring (bicyclic) bond motifs is 3. The molecule has 202 valence electrons. The van der Waals surface area contributed by atoms with Crippen LogP contribution in [-0.4, -0.2) is 4.98 Å². The number of hydrogen-bond acceptors (Lipinski definition) is 1. The quantitative estimate of drug-likeness (QED) is 0.200. The molecule has 0 atom stereocenters. The van der Waals surface area contributed by atoms with Crippen LogP contribution in [-0.2, 0) is 0 Å². The fourth-order valence-electron chi connectivity index (χ4n) is 6.52. The van der Waals surface area contributed by atoms with E-state index < -0.39 is 0 Å². The monoisotopic (exact) mass is 547 g/mol. The molecule has 0 N–H and O–H groups in total. The maximum atomic E-state index is 4.33. The summed E-state index contributed by atoms with van der Waals surface area (Å²) in [5, 5.41) is 7.60. The molecule has 1 heterocycles. The Morgan fingerprint density at radius 1 is 0.349 bits per heavy atom. The first kappa shape index (κ1) is 25.2. The van der Waals surface area contributed by atoms with Gasteiger partial charge in [-0.05, 0) is 108 Å². The molecule has 1 nitrogen and oxygen atoms in total. The predicted octanol–water partition coefficient (Wildman–Crippen LogP) is 11.5. The van der Waals surface area contributed by atoms with Gasteiger partial charge in [0.2, 0.25) is 0 Å². The molecule has 8 aromatic rings. The summed E-state index contributed by atoms with van der Waals surface area (Å²) in [4.78, 5) is 4.33. The standard InChI is InChI=1S/C42H29N/c1-28-25-35(23-24-43-28)30-17-15-29(16-18-30)32-19-20-34-27-36(22-21-33(34)26-32)42-39-13-7-5-11-37(39)41(31-9-3-2-4-10-31)38-12-6-8-14-40(38)42/h2-27H,1H3. The first-order valence-electron chi connectivity index (χ1n) is 14.8. The molecular formula is C42H29N. The Morgan fingerprint density at radius 2 is 0.791 bits per heavy atom. The van der Waals surface area contributed by atoms with E-state index in [9.17, 15) is 0 Å². The van der Waals surface area contributed by atoms with Crippen LogP contribution >= 0.6 is 0 Å². The van der Waals surface area contributed by atoms with Gasteiger partial charge in [0, 0.05) is 11.9 Å². The topological polar surface area (TPSA) is 12.9 Å². The van der Waals surface area contributed by atoms with Gasteiger partial charge in [0.15, 0.2) is 0 Å². The number of hydrogen-bond donors (Lipinski definition) is 0. The lowest BCUT2D eigenvalue weighted by Crippen LogP contribution is -1.90. The van der Waals surface area contributed by atoms with Crippen LogP contribution in [0.5, 0.6) is 0 Å². The summed E-state index contributed by atoms with van der Waals surface area (Å²) in [5.74, 6) is 0. The summed E-state index contributed by atoms with van der Waals surface area (Å²) < 4.78 is 0. The van der Waals surface area contributed by atoms with Crippen molar-refractivity contribution in [2.24, 2.45) is 0 Å². The van der Waals surface area contributed by atoms with E-state index in [-0.39, 0.29) is 0 Å². The first-order valence-corrected chi connectivity index (χ1v) is 14.8. The molecule has 1 aromatic heterocycles. The summed E-state index contributed by atoms with van der Waals surface area (Å²) in [6, 6.07) is 55.2. The smallest absolute Gasteiger partial charge is 0.0378 e. The van der Waals surface area contributed by atoms with E-state index in [1.165, 1.54) is 76.8 Å². The highest BCUT2D eigenvalue weighted by molar-refractivity contribution is 6.21. The lowest BCUT2D eigenvalue weighted by molar-refractivity contribution is 1.20. The van der Waals surface area contributed by atoms with Crippen molar-refractivity contribution >= 4 is 32.3 Å². The van der Waals surface area contributed by atoms with E-state index >= 15 is 0 Å². The van der Waals surface area contributed by atoms with Crippen molar-refractivity contribution in [3.8, 4) is 44.5 Å². The molecule has 0 radical (unpaired) electrons. The Hall–Kier alpha value is -5.53. The van der Waals surface area contributed by atoms with Gasteiger partial charge in [-0.25, -0.2) is 0 Å². The molecule has 8 rings (SSSR count). The highest BCUT2D eigenvalue weighted by Gasteiger charge is 2.16. The summed E-state index contributed by atoms with van der Waals surface area (Å²) in [6.45, 7) is 2.03. The summed E-state index contributed by atoms with van der Waals surface area (Å²) in [5.41, 5.74) is 10.9. The van der Waals surface area contributed by atoms with Gasteiger partial charge in [-0.15, -0.1) is 0 Å². The Balaban J connectivity index is 1.24. The van der Waals surface area contributed by atoms with Crippen LogP contribution in [0.25, 0.3) is 76.8 Å². The maximum Gasteiger partial charge on any atom is 0.0378 e. The number of pyridine rings is 1. The van der Waals surface area contributed by atoms with Crippen LogP contribution in [0.15, 0.2) is 158 Å². The molecule has 0 aliphatic heterocycles. The molecule has 0 spiro atoms. The van der Waals surface area contributed by atoms with E-state index in [1.807, 2.05) is 13.1 Å². The zero-order valence-corrected chi connectivity index (χ0v) is 24.0. The van der Waals surface area contributed by atoms with Crippen LogP contribution in [0.2, 0.25) is 0 Å². The summed E-state index contributed by atoms with van der Waals surface area (Å²) in [6.07, 6.45) is 1.87. The second-order valence-electron chi connectivity index (χ2n) is 11.2. The van der Waals surface area contributed by atoms with Crippen molar-refractivity contribution in [3.05, 3.63) is 164 Å². The molecule has 0 aliphatic carbocycles. The first-order chi connectivity index (χ1) is 21.2. The van der Waals surface area contributed by atoms with E-state index in [0.29, 0.717) is 0 Å². The van der Waals surface area contributed by atoms with Gasteiger partial charge in [-0.2, -0.15) is 0 Å². The third kappa shape index (κ3) is 4.47. The van der Waals surface area contributed by atoms with Crippen LogP contribution in [0.3, 0.4) is 0 Å². The molecule has 0 aliphatic rings. The fourth-order valence-corrected chi connectivity index (χ4v) is 6.52. The van der Waals surface area contributed by atoms with Crippen molar-refractivity contribution in [3.63, 3.8) is 0 Å². The van der Waals surface area contributed by atoms with Gasteiger partial charge < -0.3 is 0 Å². The average molecular weight is 548 g/mol. The zero-order valence-electron chi connectivity index (χ0n) is 24.0. The average Bonchev–Trinajstić information content (AvgIpc) is 3.07. The van der Waals surface area contributed by atoms with Gasteiger partial charge in [-0.3, -0.25) is 4.98 Å². The second kappa shape index (κ2) is 10.4. The van der Waals surface area contributed by atoms with Crippen molar-refractivity contribution in [2.75, 3.05) is 0 Å². The third-order valence-electron chi connectivity index (χ3n) is 8.57. The van der Waals surface area contributed by atoms with Crippen molar-refractivity contribution in [1.82, 2.24) is 4.98 Å². The minimum Gasteiger partial charge on any atom is -0.262 e. The molecule has 0 unspecified atom stereocenters. The number of nitrogens with zero attached hydrogens (tertiary/aromatic N) is 1. The van der Waals surface area contributed by atoms with Gasteiger partial charge in [0.05, 0.1) is 0 Å². The number of benzene rings is 7. The molecule has 0 bridgehead atoms. The highest BCUT2D eigenvalue weighted by atomic mass is 14.6. The van der Waals surface area contributed by atoms with E-state index in [1.54, 1.807) is 0 Å². The second-order valence-corrected chi connectivity index (χ2v) is 11.2. The molecule has 0 saturated heterocycles. The summed E-state index contributed by atoms with van der Waals surface area (Å²) >= 11 is 0. The molecule has 0 amide bonds. The van der Waals surface area contributed by atoms with Crippen molar-refractivity contribution < 1.29 is 0 Å². The molecule has 7 aromatic carbocycles. The Bertz CT molecular complexity index is 2220. The predicted molar refractivity (Wildman–Crippen MR) is 183 cm³/mol. The normalized spacial score (nSPS) is 11.4. The van der Waals surface area contributed by atoms with E-state index in [2.05, 4.69) is 157 Å². The number of aryl methyl sites for hydroxylation is 1. The van der Waals surface area contributed by atoms with Crippen LogP contribution in [0.1, 0.15) is 5.69 Å². The van der Waals surface area contributed by atoms with Crippen LogP contribution < -0.4 is 0 Å². The third-order valence-corrected chi connectivity index (χ3v) is 8.57. The molecular weight excluding hydrogens is 518 g/mol. The highest BCUT2D eigenvalue weighted by Crippen LogP contribution is 2.44. The number of rotatable bonds is 4. The molecule has 0 saturated carbocycles. The largest absolute Gasteiger partial charge is 0.262 e. The van der Waals surface area contributed by atoms with E-state index in [4.69, 9.17) is 0 Å². The summed E-state index contributed by atoms with van der Waals surface area (Å²) in [7, 11) is 0. The Morgan fingerprint density at radius 3 is 1.35 bits per heavy atom. The Labute approximate surface area is 251 Å². The van der Waals surface area contributed by atoms with Crippen LogP contribution in [0.4, 0.5) is 0 Å². The van der Waals surface area contributed by atoms with Gasteiger partial charge in [-0.1, -0.05) is 127 Å². The molecule has 0 fully saturated rings. The van der Waals surface area contributed by atoms with Crippen LogP contribution in [0, 0.1) is 6.92 Å². The fraction of sp³-hybridized carbons (Fsp3) is 0.0238. The van der Waals surface area contributed by atoms with Gasteiger partial charge in [0.1, 0.15) is 0 Å². The SMILES string of the molecule is Cc1cc(-c2ccc(-c3ccc4cc(-c5c6ccccc6c(-c6ccccc6)c6ccccc56)ccc4c3)cc2)ccn1. The van der Waals surface area contributed by atoms with Crippen molar-refractivity contribution in [2.45, 2.75) is 6.92 Å². The number of aromatic nitrogens is 1. The lowest BCUT2D eigenvalue weighted by atomic mass is 9.85. The molecule has 1 heteroatoms. The van der Waals surface area contributed by atoms with Gasteiger partial charge >= 0.3 is 0 Å². The van der Waals surface area contributed by atoms with Gasteiger partial charge in [0.25, 0.3) is 0 Å². The molecule has 43 heavy (non-hydrogen) atoms. The Kier molecular flexibility index (Phi) is 6.09. The lowest BCUT2D eigenvalue weighted by Gasteiger charge is -2.18.